The molecule has 23 heavy (non-hydrogen) atoms. The second-order valence-electron chi connectivity index (χ2n) is 5.13. The van der Waals surface area contributed by atoms with Crippen LogP contribution in [0, 0.1) is 12.2 Å². The van der Waals surface area contributed by atoms with Crippen molar-refractivity contribution < 1.29 is 16.8 Å². The van der Waals surface area contributed by atoms with Crippen molar-refractivity contribution in [3.8, 4) is 0 Å². The fraction of sp³-hybridized carbons (Fsp3) is 0.0909. The molecule has 0 amide bonds. The molecule has 1 heteroatoms. The van der Waals surface area contributed by atoms with E-state index in [9.17, 15) is 0 Å². The first kappa shape index (κ1) is 17.3. The molecule has 0 spiro atoms. The van der Waals surface area contributed by atoms with Gasteiger partial charge in [-0.25, -0.2) is 0 Å². The van der Waals surface area contributed by atoms with E-state index in [1.807, 2.05) is 12.1 Å². The molecule has 0 unspecified atom stereocenters. The van der Waals surface area contributed by atoms with Crippen LogP contribution in [0.1, 0.15) is 24.0 Å². The number of hydrogen-bond acceptors (Lipinski definition) is 0. The molecule has 0 saturated carbocycles. The second kappa shape index (κ2) is 9.14. The zero-order chi connectivity index (χ0) is 15.0. The molecule has 2 aliphatic carbocycles. The Labute approximate surface area is 149 Å². The summed E-state index contributed by atoms with van der Waals surface area (Å²) >= 11 is 0. The Kier molecular flexibility index (Phi) is 6.86. The summed E-state index contributed by atoms with van der Waals surface area (Å²) in [5.41, 5.74) is 4.98. The molecule has 0 saturated heterocycles. The zero-order valence-electron chi connectivity index (χ0n) is 12.8. The average molecular weight is 341 g/mol. The van der Waals surface area contributed by atoms with Gasteiger partial charge in [-0.3, -0.25) is 0 Å². The van der Waals surface area contributed by atoms with Crippen molar-refractivity contribution in [3.63, 3.8) is 0 Å². The predicted molar refractivity (Wildman–Crippen MR) is 93.7 cm³/mol. The van der Waals surface area contributed by atoms with Crippen LogP contribution in [0.25, 0.3) is 11.1 Å². The van der Waals surface area contributed by atoms with Gasteiger partial charge in [-0.05, 0) is 0 Å². The normalized spacial score (nSPS) is 14.4. The molecule has 0 N–H and O–H groups in total. The van der Waals surface area contributed by atoms with Gasteiger partial charge in [-0.1, -0.05) is 49.2 Å². The molecule has 2 aromatic rings. The van der Waals surface area contributed by atoms with Crippen LogP contribution in [0.2, 0.25) is 0 Å². The molecule has 0 bridgehead atoms. The topological polar surface area (TPSA) is 0 Å². The number of allylic oxidation sites excluding steroid dienone is 8. The van der Waals surface area contributed by atoms with E-state index in [4.69, 9.17) is 0 Å². The van der Waals surface area contributed by atoms with Gasteiger partial charge in [0, 0.05) is 0 Å². The first-order valence-corrected chi connectivity index (χ1v) is 7.59. The maximum atomic E-state index is 3.28. The molecular weight excluding hydrogens is 323 g/mol. The Morgan fingerprint density at radius 2 is 0.957 bits per heavy atom. The fourth-order valence-electron chi connectivity index (χ4n) is 2.44. The molecule has 0 heterocycles. The van der Waals surface area contributed by atoms with Crippen molar-refractivity contribution in [1.82, 2.24) is 0 Å². The van der Waals surface area contributed by atoms with Crippen LogP contribution >= 0.6 is 0 Å². The van der Waals surface area contributed by atoms with Crippen LogP contribution in [0.4, 0.5) is 0 Å². The summed E-state index contributed by atoms with van der Waals surface area (Å²) in [6, 6.07) is 20.7. The third-order valence-corrected chi connectivity index (χ3v) is 3.56. The van der Waals surface area contributed by atoms with Gasteiger partial charge in [-0.15, -0.1) is 47.5 Å². The summed E-state index contributed by atoms with van der Waals surface area (Å²) < 4.78 is 0. The number of hydrogen-bond donors (Lipinski definition) is 0. The first-order chi connectivity index (χ1) is 10.9. The van der Waals surface area contributed by atoms with Gasteiger partial charge in [0.1, 0.15) is 0 Å². The van der Waals surface area contributed by atoms with E-state index >= 15 is 0 Å². The number of benzene rings is 2. The van der Waals surface area contributed by atoms with Crippen LogP contribution in [0.3, 0.4) is 0 Å². The van der Waals surface area contributed by atoms with Gasteiger partial charge in [0.15, 0.2) is 0 Å². The summed E-state index contributed by atoms with van der Waals surface area (Å²) in [6.07, 6.45) is 17.0. The average Bonchev–Trinajstić information content (AvgIpc) is 3.31. The molecule has 0 atom stereocenters. The van der Waals surface area contributed by atoms with Gasteiger partial charge < -0.3 is 0 Å². The Morgan fingerprint density at radius 3 is 1.26 bits per heavy atom. The van der Waals surface area contributed by atoms with Crippen molar-refractivity contribution in [2.24, 2.45) is 0 Å². The van der Waals surface area contributed by atoms with Crippen LogP contribution in [0.5, 0.6) is 0 Å². The van der Waals surface area contributed by atoms with Gasteiger partial charge in [0.05, 0.1) is 0 Å². The van der Waals surface area contributed by atoms with E-state index in [0.29, 0.717) is 0 Å². The zero-order valence-corrected chi connectivity index (χ0v) is 13.9. The molecule has 0 fully saturated rings. The van der Waals surface area contributed by atoms with Crippen LogP contribution in [-0.4, -0.2) is 0 Å². The van der Waals surface area contributed by atoms with E-state index in [1.54, 1.807) is 0 Å². The Morgan fingerprint density at radius 1 is 0.565 bits per heavy atom. The molecule has 4 rings (SSSR count). The summed E-state index contributed by atoms with van der Waals surface area (Å²) in [7, 11) is 0. The smallest absolute Gasteiger partial charge is 0.197 e. The van der Waals surface area contributed by atoms with Crippen molar-refractivity contribution in [2.45, 2.75) is 12.8 Å². The fourth-order valence-corrected chi connectivity index (χ4v) is 2.44. The van der Waals surface area contributed by atoms with E-state index in [1.165, 1.54) is 22.3 Å². The number of rotatable bonds is 2. The van der Waals surface area contributed by atoms with Gasteiger partial charge in [-0.2, -0.15) is 35.5 Å². The van der Waals surface area contributed by atoms with Crippen LogP contribution < -0.4 is 0 Å². The summed E-state index contributed by atoms with van der Waals surface area (Å²) in [5.74, 6) is 0. The SMILES string of the molecule is [C-]1=C(c2ccccc2)C=CC1.[C-]1=C(c2ccccc2)C=CC1.[Co+2]. The van der Waals surface area contributed by atoms with E-state index in [-0.39, 0.29) is 16.8 Å². The quantitative estimate of drug-likeness (QED) is 0.618. The molecule has 2 aliphatic rings. The minimum atomic E-state index is 0. The monoisotopic (exact) mass is 341 g/mol. The first-order valence-electron chi connectivity index (χ1n) is 7.59. The Hall–Kier alpha value is -2.09. The second-order valence-corrected chi connectivity index (χ2v) is 5.13. The minimum absolute atomic E-state index is 0. The molecular formula is C22H18Co. The largest absolute Gasteiger partial charge is 2.00 e. The Balaban J connectivity index is 0.000000160. The maximum absolute atomic E-state index is 3.28. The van der Waals surface area contributed by atoms with Gasteiger partial charge >= 0.3 is 16.8 Å². The summed E-state index contributed by atoms with van der Waals surface area (Å²) in [5, 5.41) is 0. The summed E-state index contributed by atoms with van der Waals surface area (Å²) in [6.45, 7) is 0. The van der Waals surface area contributed by atoms with Crippen molar-refractivity contribution in [3.05, 3.63) is 108 Å². The third kappa shape index (κ3) is 4.95. The molecule has 115 valence electrons. The van der Waals surface area contributed by atoms with Crippen molar-refractivity contribution in [2.75, 3.05) is 0 Å². The standard InChI is InChI=1S/2C11H9.Co/c2*1-2-6-10(7-3-1)11-8-4-5-9-11;/h2*1-4,6-8H,5H2;/q2*-1;+2. The molecule has 0 nitrogen and oxygen atoms in total. The summed E-state index contributed by atoms with van der Waals surface area (Å²) in [4.78, 5) is 0. The molecule has 2 aromatic carbocycles. The van der Waals surface area contributed by atoms with E-state index < -0.39 is 0 Å². The third-order valence-electron chi connectivity index (χ3n) is 3.56. The van der Waals surface area contributed by atoms with Crippen LogP contribution in [0.15, 0.2) is 85.0 Å². The molecule has 0 aromatic heterocycles. The van der Waals surface area contributed by atoms with Crippen molar-refractivity contribution >= 4 is 11.1 Å². The van der Waals surface area contributed by atoms with E-state index in [2.05, 4.69) is 85.0 Å². The van der Waals surface area contributed by atoms with E-state index in [0.717, 1.165) is 12.8 Å². The van der Waals surface area contributed by atoms with Gasteiger partial charge in [0.2, 0.25) is 0 Å². The molecule has 0 aliphatic heterocycles. The Bertz CT molecular complexity index is 654. The molecule has 1 radical (unpaired) electrons. The maximum Gasteiger partial charge on any atom is 2.00 e. The minimum Gasteiger partial charge on any atom is -0.197 e. The van der Waals surface area contributed by atoms with Gasteiger partial charge in [0.25, 0.3) is 0 Å². The van der Waals surface area contributed by atoms with Crippen molar-refractivity contribution in [1.29, 1.82) is 0 Å². The van der Waals surface area contributed by atoms with Crippen LogP contribution in [-0.2, 0) is 16.8 Å². The predicted octanol–water partition coefficient (Wildman–Crippen LogP) is 5.66.